The quantitative estimate of drug-likeness (QED) is 0.929. The van der Waals surface area contributed by atoms with Gasteiger partial charge in [-0.2, -0.15) is 13.2 Å². The van der Waals surface area contributed by atoms with Crippen molar-refractivity contribution in [3.05, 3.63) is 47.3 Å². The van der Waals surface area contributed by atoms with E-state index < -0.39 is 11.7 Å². The van der Waals surface area contributed by atoms with E-state index in [1.807, 2.05) is 0 Å². The molecule has 0 aliphatic heterocycles. The minimum Gasteiger partial charge on any atom is -0.485 e. The smallest absolute Gasteiger partial charge is 0.419 e. The summed E-state index contributed by atoms with van der Waals surface area (Å²) in [5.41, 5.74) is 5.03. The highest BCUT2D eigenvalue weighted by Crippen LogP contribution is 2.36. The lowest BCUT2D eigenvalue weighted by molar-refractivity contribution is -0.139. The first-order chi connectivity index (χ1) is 9.00. The molecule has 4 nitrogen and oxygen atoms in total. The summed E-state index contributed by atoms with van der Waals surface area (Å²) in [4.78, 5) is 0. The molecule has 0 fully saturated rings. The molecule has 0 atom stereocenters. The third kappa shape index (κ3) is 3.25. The van der Waals surface area contributed by atoms with E-state index in [0.717, 1.165) is 6.07 Å². The third-order valence-corrected chi connectivity index (χ3v) is 2.38. The van der Waals surface area contributed by atoms with E-state index in [2.05, 4.69) is 5.16 Å². The molecule has 0 saturated carbocycles. The number of hydrogen-bond acceptors (Lipinski definition) is 4. The van der Waals surface area contributed by atoms with Gasteiger partial charge in [0.15, 0.2) is 5.76 Å². The molecular weight excluding hydrogens is 261 g/mol. The maximum Gasteiger partial charge on any atom is 0.419 e. The van der Waals surface area contributed by atoms with E-state index in [1.54, 1.807) is 0 Å². The first-order valence-corrected chi connectivity index (χ1v) is 5.44. The van der Waals surface area contributed by atoms with E-state index in [0.29, 0.717) is 11.5 Å². The summed E-state index contributed by atoms with van der Waals surface area (Å²) in [6.07, 6.45) is -4.46. The number of para-hydroxylation sites is 1. The van der Waals surface area contributed by atoms with Gasteiger partial charge in [0.2, 0.25) is 0 Å². The summed E-state index contributed by atoms with van der Waals surface area (Å²) >= 11 is 0. The number of ether oxygens (including phenoxy) is 1. The van der Waals surface area contributed by atoms with Gasteiger partial charge >= 0.3 is 6.18 Å². The zero-order valence-corrected chi connectivity index (χ0v) is 9.78. The maximum atomic E-state index is 12.7. The van der Waals surface area contributed by atoms with Gasteiger partial charge in [0.25, 0.3) is 0 Å². The van der Waals surface area contributed by atoms with E-state index in [4.69, 9.17) is 15.0 Å². The minimum absolute atomic E-state index is 0.139. The van der Waals surface area contributed by atoms with Gasteiger partial charge in [0.1, 0.15) is 12.4 Å². The zero-order chi connectivity index (χ0) is 13.9. The molecule has 0 radical (unpaired) electrons. The highest BCUT2D eigenvalue weighted by atomic mass is 19.4. The molecule has 0 aliphatic carbocycles. The fourth-order valence-electron chi connectivity index (χ4n) is 1.50. The number of hydrogen-bond donors (Lipinski definition) is 1. The fourth-order valence-corrected chi connectivity index (χ4v) is 1.50. The second kappa shape index (κ2) is 5.31. The summed E-state index contributed by atoms with van der Waals surface area (Å²) in [6.45, 7) is 0.0583. The molecule has 0 spiro atoms. The first kappa shape index (κ1) is 13.4. The van der Waals surface area contributed by atoms with Crippen molar-refractivity contribution in [2.24, 2.45) is 5.73 Å². The maximum absolute atomic E-state index is 12.7. The predicted octanol–water partition coefficient (Wildman–Crippen LogP) is 2.73. The van der Waals surface area contributed by atoms with Crippen LogP contribution in [0.25, 0.3) is 0 Å². The van der Waals surface area contributed by atoms with Crippen molar-refractivity contribution < 1.29 is 22.4 Å². The molecule has 1 aromatic carbocycles. The predicted molar refractivity (Wildman–Crippen MR) is 60.2 cm³/mol. The normalized spacial score (nSPS) is 11.6. The SMILES string of the molecule is NCc1cc(COc2ccccc2C(F)(F)F)on1. The highest BCUT2D eigenvalue weighted by Gasteiger charge is 2.34. The van der Waals surface area contributed by atoms with Crippen molar-refractivity contribution in [2.45, 2.75) is 19.3 Å². The van der Waals surface area contributed by atoms with Crippen LogP contribution in [-0.4, -0.2) is 5.16 Å². The monoisotopic (exact) mass is 272 g/mol. The van der Waals surface area contributed by atoms with E-state index in [-0.39, 0.29) is 18.9 Å². The van der Waals surface area contributed by atoms with Crippen molar-refractivity contribution in [2.75, 3.05) is 0 Å². The van der Waals surface area contributed by atoms with Crippen LogP contribution in [0.5, 0.6) is 5.75 Å². The molecule has 19 heavy (non-hydrogen) atoms. The van der Waals surface area contributed by atoms with Crippen LogP contribution in [0.1, 0.15) is 17.0 Å². The van der Waals surface area contributed by atoms with Crippen molar-refractivity contribution >= 4 is 0 Å². The Labute approximate surface area is 106 Å². The van der Waals surface area contributed by atoms with Crippen LogP contribution >= 0.6 is 0 Å². The van der Waals surface area contributed by atoms with E-state index in [9.17, 15) is 13.2 Å². The molecule has 102 valence electrons. The Morgan fingerprint density at radius 2 is 2.00 bits per heavy atom. The van der Waals surface area contributed by atoms with Gasteiger partial charge in [0, 0.05) is 12.6 Å². The Bertz CT molecular complexity index is 552. The van der Waals surface area contributed by atoms with Crippen LogP contribution < -0.4 is 10.5 Å². The second-order valence-corrected chi connectivity index (χ2v) is 3.77. The van der Waals surface area contributed by atoms with E-state index in [1.165, 1.54) is 24.3 Å². The van der Waals surface area contributed by atoms with Crippen LogP contribution in [-0.2, 0) is 19.3 Å². The average molecular weight is 272 g/mol. The van der Waals surface area contributed by atoms with Gasteiger partial charge in [-0.25, -0.2) is 0 Å². The van der Waals surface area contributed by atoms with Gasteiger partial charge < -0.3 is 15.0 Å². The van der Waals surface area contributed by atoms with Crippen LogP contribution in [0.15, 0.2) is 34.9 Å². The topological polar surface area (TPSA) is 61.3 Å². The molecule has 0 aliphatic rings. The highest BCUT2D eigenvalue weighted by molar-refractivity contribution is 5.35. The molecular formula is C12H11F3N2O2. The number of benzene rings is 1. The van der Waals surface area contributed by atoms with Gasteiger partial charge in [-0.15, -0.1) is 0 Å². The third-order valence-electron chi connectivity index (χ3n) is 2.38. The lowest BCUT2D eigenvalue weighted by atomic mass is 10.2. The number of nitrogens with zero attached hydrogens (tertiary/aromatic N) is 1. The van der Waals surface area contributed by atoms with Gasteiger partial charge in [-0.05, 0) is 12.1 Å². The Morgan fingerprint density at radius 1 is 1.26 bits per heavy atom. The van der Waals surface area contributed by atoms with Crippen molar-refractivity contribution in [1.82, 2.24) is 5.16 Å². The standard InChI is InChI=1S/C12H11F3N2O2/c13-12(14,15)10-3-1-2-4-11(10)18-7-9-5-8(6-16)17-19-9/h1-5H,6-7,16H2. The molecule has 1 aromatic heterocycles. The summed E-state index contributed by atoms with van der Waals surface area (Å²) < 4.78 is 48.1. The minimum atomic E-state index is -4.46. The average Bonchev–Trinajstić information content (AvgIpc) is 2.83. The fraction of sp³-hybridized carbons (Fsp3) is 0.250. The Balaban J connectivity index is 2.11. The van der Waals surface area contributed by atoms with Crippen LogP contribution in [0.3, 0.4) is 0 Å². The van der Waals surface area contributed by atoms with Gasteiger partial charge in [-0.1, -0.05) is 17.3 Å². The molecule has 1 heterocycles. The Morgan fingerprint density at radius 3 is 2.63 bits per heavy atom. The summed E-state index contributed by atoms with van der Waals surface area (Å²) in [5, 5.41) is 3.62. The second-order valence-electron chi connectivity index (χ2n) is 3.77. The van der Waals surface area contributed by atoms with E-state index >= 15 is 0 Å². The molecule has 2 aromatic rings. The lowest BCUT2D eigenvalue weighted by Gasteiger charge is -2.12. The molecule has 0 saturated heterocycles. The summed E-state index contributed by atoms with van der Waals surface area (Å²) in [7, 11) is 0. The molecule has 0 bridgehead atoms. The van der Waals surface area contributed by atoms with Gasteiger partial charge in [0.05, 0.1) is 11.3 Å². The van der Waals surface area contributed by atoms with Crippen molar-refractivity contribution in [3.8, 4) is 5.75 Å². The number of halogens is 3. The number of rotatable bonds is 4. The Kier molecular flexibility index (Phi) is 3.75. The lowest BCUT2D eigenvalue weighted by Crippen LogP contribution is -2.08. The zero-order valence-electron chi connectivity index (χ0n) is 9.78. The first-order valence-electron chi connectivity index (χ1n) is 5.44. The molecule has 0 unspecified atom stereocenters. The van der Waals surface area contributed by atoms with Crippen molar-refractivity contribution in [1.29, 1.82) is 0 Å². The van der Waals surface area contributed by atoms with Crippen molar-refractivity contribution in [3.63, 3.8) is 0 Å². The molecule has 0 amide bonds. The van der Waals surface area contributed by atoms with Crippen LogP contribution in [0.2, 0.25) is 0 Å². The molecule has 7 heteroatoms. The van der Waals surface area contributed by atoms with Crippen LogP contribution in [0.4, 0.5) is 13.2 Å². The van der Waals surface area contributed by atoms with Gasteiger partial charge in [-0.3, -0.25) is 0 Å². The summed E-state index contributed by atoms with van der Waals surface area (Å²) in [6, 6.07) is 6.52. The largest absolute Gasteiger partial charge is 0.485 e. The number of nitrogens with two attached hydrogens (primary N) is 1. The summed E-state index contributed by atoms with van der Waals surface area (Å²) in [5.74, 6) is 0.0677. The number of aromatic nitrogens is 1. The molecule has 2 N–H and O–H groups in total. The van der Waals surface area contributed by atoms with Crippen LogP contribution in [0, 0.1) is 0 Å². The Hall–Kier alpha value is -2.02. The number of alkyl halides is 3. The molecule has 2 rings (SSSR count).